The number of carbonyl (C=O) groups is 1. The third-order valence-corrected chi connectivity index (χ3v) is 3.81. The molecular formula is C12H21NO3. The van der Waals surface area contributed by atoms with E-state index < -0.39 is 0 Å². The van der Waals surface area contributed by atoms with E-state index in [-0.39, 0.29) is 17.5 Å². The fourth-order valence-corrected chi connectivity index (χ4v) is 2.36. The van der Waals surface area contributed by atoms with Crippen LogP contribution >= 0.6 is 0 Å². The molecule has 1 aliphatic carbocycles. The molecule has 0 spiro atoms. The molecule has 4 nitrogen and oxygen atoms in total. The highest BCUT2D eigenvalue weighted by molar-refractivity contribution is 5.78. The molecule has 1 saturated heterocycles. The highest BCUT2D eigenvalue weighted by Crippen LogP contribution is 2.41. The zero-order chi connectivity index (χ0) is 11.4. The number of ether oxygens (including phenoxy) is 2. The second-order valence-electron chi connectivity index (χ2n) is 4.93. The highest BCUT2D eigenvalue weighted by Gasteiger charge is 2.44. The van der Waals surface area contributed by atoms with Crippen molar-refractivity contribution in [3.63, 3.8) is 0 Å². The summed E-state index contributed by atoms with van der Waals surface area (Å²) < 4.78 is 10.9. The normalized spacial score (nSPS) is 28.2. The summed E-state index contributed by atoms with van der Waals surface area (Å²) in [6, 6.07) is 0. The van der Waals surface area contributed by atoms with Crippen molar-refractivity contribution in [1.82, 2.24) is 0 Å². The minimum atomic E-state index is -0.366. The maximum atomic E-state index is 11.9. The zero-order valence-electron chi connectivity index (χ0n) is 9.74. The van der Waals surface area contributed by atoms with E-state index in [9.17, 15) is 4.79 Å². The van der Waals surface area contributed by atoms with Gasteiger partial charge in [0.15, 0.2) is 0 Å². The summed E-state index contributed by atoms with van der Waals surface area (Å²) in [5.74, 6) is -0.115. The summed E-state index contributed by atoms with van der Waals surface area (Å²) in [6.07, 6.45) is 6.26. The fourth-order valence-electron chi connectivity index (χ4n) is 2.36. The molecule has 4 heteroatoms. The molecule has 0 aromatic carbocycles. The second-order valence-corrected chi connectivity index (χ2v) is 4.93. The van der Waals surface area contributed by atoms with Crippen LogP contribution in [0.25, 0.3) is 0 Å². The standard InChI is InChI=1S/C12H21NO3/c13-9-12(5-3-6-12)11(14)16-8-10-4-1-2-7-15-10/h10H,1-9,13H2. The fraction of sp³-hybridized carbons (Fsp3) is 0.917. The SMILES string of the molecule is NCC1(C(=O)OCC2CCCCO2)CCC1. The molecule has 2 N–H and O–H groups in total. The van der Waals surface area contributed by atoms with Crippen molar-refractivity contribution in [2.45, 2.75) is 44.6 Å². The summed E-state index contributed by atoms with van der Waals surface area (Å²) in [4.78, 5) is 11.9. The van der Waals surface area contributed by atoms with Crippen LogP contribution in [0.4, 0.5) is 0 Å². The lowest BCUT2D eigenvalue weighted by Crippen LogP contribution is -2.46. The van der Waals surface area contributed by atoms with Gasteiger partial charge in [-0.2, -0.15) is 0 Å². The predicted molar refractivity (Wildman–Crippen MR) is 59.9 cm³/mol. The maximum Gasteiger partial charge on any atom is 0.313 e. The van der Waals surface area contributed by atoms with Crippen LogP contribution in [0.1, 0.15) is 38.5 Å². The summed E-state index contributed by atoms with van der Waals surface area (Å²) in [7, 11) is 0. The Kier molecular flexibility index (Phi) is 3.82. The van der Waals surface area contributed by atoms with Gasteiger partial charge in [0, 0.05) is 13.2 Å². The van der Waals surface area contributed by atoms with Gasteiger partial charge >= 0.3 is 5.97 Å². The molecule has 2 aliphatic rings. The van der Waals surface area contributed by atoms with Gasteiger partial charge in [-0.15, -0.1) is 0 Å². The number of nitrogens with two attached hydrogens (primary N) is 1. The minimum absolute atomic E-state index is 0.104. The monoisotopic (exact) mass is 227 g/mol. The molecule has 2 fully saturated rings. The van der Waals surface area contributed by atoms with Gasteiger partial charge in [0.1, 0.15) is 6.61 Å². The van der Waals surface area contributed by atoms with Crippen LogP contribution in [0.3, 0.4) is 0 Å². The van der Waals surface area contributed by atoms with Gasteiger partial charge in [0.25, 0.3) is 0 Å². The lowest BCUT2D eigenvalue weighted by Gasteiger charge is -2.38. The largest absolute Gasteiger partial charge is 0.462 e. The van der Waals surface area contributed by atoms with E-state index in [1.807, 2.05) is 0 Å². The lowest BCUT2D eigenvalue weighted by atomic mass is 9.69. The van der Waals surface area contributed by atoms with Crippen molar-refractivity contribution in [3.05, 3.63) is 0 Å². The average Bonchev–Trinajstić information content (AvgIpc) is 2.27. The van der Waals surface area contributed by atoms with Crippen LogP contribution in [0, 0.1) is 5.41 Å². The van der Waals surface area contributed by atoms with E-state index >= 15 is 0 Å². The summed E-state index contributed by atoms with van der Waals surface area (Å²) in [5.41, 5.74) is 5.28. The first kappa shape index (κ1) is 11.9. The predicted octanol–water partition coefficient (Wildman–Crippen LogP) is 1.23. The summed E-state index contributed by atoms with van der Waals surface area (Å²) in [5, 5.41) is 0. The topological polar surface area (TPSA) is 61.6 Å². The third kappa shape index (κ3) is 2.38. The minimum Gasteiger partial charge on any atom is -0.462 e. The van der Waals surface area contributed by atoms with Crippen LogP contribution in [-0.4, -0.2) is 31.8 Å². The Balaban J connectivity index is 1.74. The van der Waals surface area contributed by atoms with Crippen LogP contribution < -0.4 is 5.73 Å². The molecule has 92 valence electrons. The summed E-state index contributed by atoms with van der Waals surface area (Å²) >= 11 is 0. The first-order chi connectivity index (χ1) is 7.77. The van der Waals surface area contributed by atoms with Crippen molar-refractivity contribution in [1.29, 1.82) is 0 Å². The number of esters is 1. The Bertz CT molecular complexity index is 239. The van der Waals surface area contributed by atoms with Gasteiger partial charge in [0.05, 0.1) is 11.5 Å². The molecule has 1 unspecified atom stereocenters. The molecule has 1 atom stereocenters. The van der Waals surface area contributed by atoms with Gasteiger partial charge in [-0.25, -0.2) is 0 Å². The number of hydrogen-bond donors (Lipinski definition) is 1. The van der Waals surface area contributed by atoms with E-state index in [4.69, 9.17) is 15.2 Å². The lowest BCUT2D eigenvalue weighted by molar-refractivity contribution is -0.166. The van der Waals surface area contributed by atoms with Crippen molar-refractivity contribution >= 4 is 5.97 Å². The molecule has 0 aromatic heterocycles. The Labute approximate surface area is 96.5 Å². The van der Waals surface area contributed by atoms with Gasteiger partial charge in [-0.1, -0.05) is 6.42 Å². The Morgan fingerprint density at radius 3 is 2.69 bits per heavy atom. The molecule has 0 aromatic rings. The van der Waals surface area contributed by atoms with Gasteiger partial charge in [0.2, 0.25) is 0 Å². The van der Waals surface area contributed by atoms with Gasteiger partial charge < -0.3 is 15.2 Å². The molecule has 0 amide bonds. The van der Waals surface area contributed by atoms with Crippen molar-refractivity contribution in [2.24, 2.45) is 11.1 Å². The first-order valence-corrected chi connectivity index (χ1v) is 6.26. The Morgan fingerprint density at radius 1 is 1.38 bits per heavy atom. The summed E-state index contributed by atoms with van der Waals surface area (Å²) in [6.45, 7) is 1.61. The van der Waals surface area contributed by atoms with Crippen LogP contribution in [0.15, 0.2) is 0 Å². The molecule has 16 heavy (non-hydrogen) atoms. The number of hydrogen-bond acceptors (Lipinski definition) is 4. The van der Waals surface area contributed by atoms with E-state index in [0.717, 1.165) is 38.7 Å². The van der Waals surface area contributed by atoms with Gasteiger partial charge in [-0.05, 0) is 32.1 Å². The van der Waals surface area contributed by atoms with Crippen molar-refractivity contribution < 1.29 is 14.3 Å². The van der Waals surface area contributed by atoms with Crippen molar-refractivity contribution in [2.75, 3.05) is 19.8 Å². The molecule has 2 rings (SSSR count). The molecule has 1 saturated carbocycles. The van der Waals surface area contributed by atoms with E-state index in [1.54, 1.807) is 0 Å². The smallest absolute Gasteiger partial charge is 0.313 e. The van der Waals surface area contributed by atoms with E-state index in [1.165, 1.54) is 6.42 Å². The van der Waals surface area contributed by atoms with Gasteiger partial charge in [-0.3, -0.25) is 4.79 Å². The first-order valence-electron chi connectivity index (χ1n) is 6.26. The van der Waals surface area contributed by atoms with Crippen LogP contribution in [0.2, 0.25) is 0 Å². The Hall–Kier alpha value is -0.610. The average molecular weight is 227 g/mol. The molecule has 0 radical (unpaired) electrons. The quantitative estimate of drug-likeness (QED) is 0.734. The van der Waals surface area contributed by atoms with Crippen LogP contribution in [0.5, 0.6) is 0 Å². The van der Waals surface area contributed by atoms with E-state index in [0.29, 0.717) is 13.2 Å². The number of rotatable bonds is 4. The molecule has 1 heterocycles. The molecule has 1 aliphatic heterocycles. The highest BCUT2D eigenvalue weighted by atomic mass is 16.6. The third-order valence-electron chi connectivity index (χ3n) is 3.81. The van der Waals surface area contributed by atoms with Crippen molar-refractivity contribution in [3.8, 4) is 0 Å². The number of carbonyl (C=O) groups excluding carboxylic acids is 1. The molecule has 0 bridgehead atoms. The Morgan fingerprint density at radius 2 is 2.19 bits per heavy atom. The second kappa shape index (κ2) is 5.15. The molecular weight excluding hydrogens is 206 g/mol. The van der Waals surface area contributed by atoms with Crippen LogP contribution in [-0.2, 0) is 14.3 Å². The maximum absolute atomic E-state index is 11.9. The van der Waals surface area contributed by atoms with E-state index in [2.05, 4.69) is 0 Å². The zero-order valence-corrected chi connectivity index (χ0v) is 9.74.